The highest BCUT2D eigenvalue weighted by atomic mass is 16.5. The van der Waals surface area contributed by atoms with E-state index in [4.69, 9.17) is 16.0 Å². The van der Waals surface area contributed by atoms with Crippen LogP contribution < -0.4 is 4.74 Å². The SMILES string of the molecule is [C-]#[N+]c1ccc2ccc(CC(C(=O)OC)c3ccc(OC4CCN(C)C4)cc3)cc2c1. The number of likely N-dealkylation sites (N-methyl/N-ethyl adjacent to an activating group) is 1. The summed E-state index contributed by atoms with van der Waals surface area (Å²) < 4.78 is 11.2. The van der Waals surface area contributed by atoms with E-state index in [9.17, 15) is 4.79 Å². The van der Waals surface area contributed by atoms with Crippen LogP contribution in [0.1, 0.15) is 23.5 Å². The van der Waals surface area contributed by atoms with Gasteiger partial charge in [0.1, 0.15) is 11.9 Å². The molecule has 1 saturated heterocycles. The van der Waals surface area contributed by atoms with Crippen LogP contribution in [-0.2, 0) is 16.0 Å². The molecule has 1 fully saturated rings. The second-order valence-electron chi connectivity index (χ2n) is 8.12. The van der Waals surface area contributed by atoms with Crippen LogP contribution in [0.25, 0.3) is 15.6 Å². The van der Waals surface area contributed by atoms with E-state index in [2.05, 4.69) is 16.8 Å². The molecule has 3 aromatic carbocycles. The van der Waals surface area contributed by atoms with Crippen molar-refractivity contribution in [2.75, 3.05) is 27.2 Å². The second-order valence-corrected chi connectivity index (χ2v) is 8.12. The average Bonchev–Trinajstić information content (AvgIpc) is 3.21. The van der Waals surface area contributed by atoms with Crippen molar-refractivity contribution in [3.63, 3.8) is 0 Å². The quantitative estimate of drug-likeness (QED) is 0.422. The molecule has 1 aliphatic heterocycles. The minimum atomic E-state index is -0.404. The number of hydrogen-bond acceptors (Lipinski definition) is 4. The highest BCUT2D eigenvalue weighted by Gasteiger charge is 2.24. The third kappa shape index (κ3) is 4.87. The van der Waals surface area contributed by atoms with Crippen LogP contribution >= 0.6 is 0 Å². The fourth-order valence-corrected chi connectivity index (χ4v) is 4.16. The molecule has 4 rings (SSSR count). The molecule has 0 saturated carbocycles. The Balaban J connectivity index is 1.54. The second kappa shape index (κ2) is 9.20. The highest BCUT2D eigenvalue weighted by Crippen LogP contribution is 2.28. The molecular formula is C26H26N2O3. The fraction of sp³-hybridized carbons (Fsp3) is 0.308. The van der Waals surface area contributed by atoms with E-state index < -0.39 is 5.92 Å². The summed E-state index contributed by atoms with van der Waals surface area (Å²) in [6.45, 7) is 9.21. The Bertz CT molecular complexity index is 1120. The molecule has 0 aliphatic carbocycles. The number of carbonyl (C=O) groups is 1. The van der Waals surface area contributed by atoms with Gasteiger partial charge < -0.3 is 14.4 Å². The van der Waals surface area contributed by atoms with E-state index in [1.54, 1.807) is 0 Å². The summed E-state index contributed by atoms with van der Waals surface area (Å²) in [7, 11) is 3.52. The maximum atomic E-state index is 12.6. The van der Waals surface area contributed by atoms with Crippen LogP contribution in [-0.4, -0.2) is 44.2 Å². The molecule has 0 amide bonds. The van der Waals surface area contributed by atoms with Gasteiger partial charge in [0.25, 0.3) is 0 Å². The van der Waals surface area contributed by atoms with Gasteiger partial charge in [-0.25, -0.2) is 4.85 Å². The summed E-state index contributed by atoms with van der Waals surface area (Å²) in [5.74, 6) is 0.157. The smallest absolute Gasteiger partial charge is 0.313 e. The van der Waals surface area contributed by atoms with Crippen molar-refractivity contribution in [2.24, 2.45) is 0 Å². The zero-order valence-corrected chi connectivity index (χ0v) is 17.9. The molecule has 0 N–H and O–H groups in total. The van der Waals surface area contributed by atoms with Gasteiger partial charge in [0.15, 0.2) is 5.69 Å². The molecule has 5 heteroatoms. The van der Waals surface area contributed by atoms with Crippen LogP contribution in [0.3, 0.4) is 0 Å². The fourth-order valence-electron chi connectivity index (χ4n) is 4.16. The number of carbonyl (C=O) groups excluding carboxylic acids is 1. The van der Waals surface area contributed by atoms with Gasteiger partial charge >= 0.3 is 5.97 Å². The monoisotopic (exact) mass is 414 g/mol. The molecule has 2 atom stereocenters. The standard InChI is InChI=1S/C26H26N2O3/c1-27-22-9-6-19-5-4-18(14-21(19)16-22)15-25(26(29)30-3)20-7-10-23(11-8-20)31-24-12-13-28(2)17-24/h4-11,14,16,24-25H,12-13,15,17H2,2-3H3. The first kappa shape index (κ1) is 20.9. The maximum absolute atomic E-state index is 12.6. The Kier molecular flexibility index (Phi) is 6.20. The van der Waals surface area contributed by atoms with Gasteiger partial charge in [-0.15, -0.1) is 0 Å². The maximum Gasteiger partial charge on any atom is 0.313 e. The number of fused-ring (bicyclic) bond motifs is 1. The third-order valence-electron chi connectivity index (χ3n) is 5.88. The first-order chi connectivity index (χ1) is 15.1. The lowest BCUT2D eigenvalue weighted by Gasteiger charge is -2.18. The van der Waals surface area contributed by atoms with Crippen molar-refractivity contribution in [1.29, 1.82) is 0 Å². The number of ether oxygens (including phenoxy) is 2. The minimum Gasteiger partial charge on any atom is -0.489 e. The number of benzene rings is 3. The van der Waals surface area contributed by atoms with Gasteiger partial charge in [-0.2, -0.15) is 0 Å². The number of esters is 1. The van der Waals surface area contributed by atoms with E-state index in [1.165, 1.54) is 7.11 Å². The summed E-state index contributed by atoms with van der Waals surface area (Å²) in [6.07, 6.45) is 1.77. The van der Waals surface area contributed by atoms with E-state index in [0.717, 1.165) is 47.2 Å². The van der Waals surface area contributed by atoms with Crippen LogP contribution in [0.5, 0.6) is 5.75 Å². The van der Waals surface area contributed by atoms with Crippen molar-refractivity contribution in [3.05, 3.63) is 83.2 Å². The Morgan fingerprint density at radius 2 is 1.90 bits per heavy atom. The Morgan fingerprint density at radius 1 is 1.13 bits per heavy atom. The van der Waals surface area contributed by atoms with Crippen LogP contribution in [0.2, 0.25) is 0 Å². The van der Waals surface area contributed by atoms with E-state index in [1.807, 2.05) is 60.7 Å². The number of likely N-dealkylation sites (tertiary alicyclic amines) is 1. The summed E-state index contributed by atoms with van der Waals surface area (Å²) in [6, 6.07) is 19.5. The zero-order valence-electron chi connectivity index (χ0n) is 17.9. The number of methoxy groups -OCH3 is 1. The van der Waals surface area contributed by atoms with Gasteiger partial charge in [0, 0.05) is 13.1 Å². The lowest BCUT2D eigenvalue weighted by atomic mass is 9.91. The Hall–Kier alpha value is -3.36. The first-order valence-corrected chi connectivity index (χ1v) is 10.5. The summed E-state index contributed by atoms with van der Waals surface area (Å²) in [5, 5.41) is 2.07. The highest BCUT2D eigenvalue weighted by molar-refractivity contribution is 5.87. The van der Waals surface area contributed by atoms with Gasteiger partial charge in [0.05, 0.1) is 19.6 Å². The molecule has 2 unspecified atom stereocenters. The number of nitrogens with zero attached hydrogens (tertiary/aromatic N) is 2. The average molecular weight is 415 g/mol. The molecule has 0 radical (unpaired) electrons. The van der Waals surface area contributed by atoms with Crippen molar-refractivity contribution in [1.82, 2.24) is 4.90 Å². The van der Waals surface area contributed by atoms with E-state index in [-0.39, 0.29) is 12.1 Å². The molecule has 0 bridgehead atoms. The largest absolute Gasteiger partial charge is 0.489 e. The van der Waals surface area contributed by atoms with Crippen molar-refractivity contribution >= 4 is 22.4 Å². The van der Waals surface area contributed by atoms with Crippen molar-refractivity contribution in [3.8, 4) is 5.75 Å². The summed E-state index contributed by atoms with van der Waals surface area (Å²) >= 11 is 0. The lowest BCUT2D eigenvalue weighted by molar-refractivity contribution is -0.142. The molecule has 158 valence electrons. The topological polar surface area (TPSA) is 43.1 Å². The van der Waals surface area contributed by atoms with Gasteiger partial charge in [-0.05, 0) is 60.0 Å². The molecule has 3 aromatic rings. The molecule has 5 nitrogen and oxygen atoms in total. The molecule has 0 spiro atoms. The van der Waals surface area contributed by atoms with Crippen molar-refractivity contribution < 1.29 is 14.3 Å². The molecule has 1 heterocycles. The molecule has 0 aromatic heterocycles. The Morgan fingerprint density at radius 3 is 2.58 bits per heavy atom. The van der Waals surface area contributed by atoms with E-state index >= 15 is 0 Å². The normalized spacial score (nSPS) is 17.3. The molecule has 31 heavy (non-hydrogen) atoms. The first-order valence-electron chi connectivity index (χ1n) is 10.5. The third-order valence-corrected chi connectivity index (χ3v) is 5.88. The number of hydrogen-bond donors (Lipinski definition) is 0. The van der Waals surface area contributed by atoms with Crippen molar-refractivity contribution in [2.45, 2.75) is 24.9 Å². The zero-order chi connectivity index (χ0) is 21.8. The van der Waals surface area contributed by atoms with Crippen LogP contribution in [0.15, 0.2) is 60.7 Å². The van der Waals surface area contributed by atoms with Gasteiger partial charge in [-0.3, -0.25) is 4.79 Å². The molecular weight excluding hydrogens is 388 g/mol. The minimum absolute atomic E-state index is 0.213. The van der Waals surface area contributed by atoms with Gasteiger partial charge in [-0.1, -0.05) is 42.5 Å². The lowest BCUT2D eigenvalue weighted by Crippen LogP contribution is -2.21. The Labute approximate surface area is 183 Å². The predicted molar refractivity (Wildman–Crippen MR) is 122 cm³/mol. The van der Waals surface area contributed by atoms with Gasteiger partial charge in [0.2, 0.25) is 0 Å². The summed E-state index contributed by atoms with van der Waals surface area (Å²) in [4.78, 5) is 18.4. The number of rotatable bonds is 6. The van der Waals surface area contributed by atoms with Crippen LogP contribution in [0, 0.1) is 6.57 Å². The van der Waals surface area contributed by atoms with Crippen LogP contribution in [0.4, 0.5) is 5.69 Å². The van der Waals surface area contributed by atoms with E-state index in [0.29, 0.717) is 12.1 Å². The predicted octanol–water partition coefficient (Wildman–Crippen LogP) is 4.97. The molecule has 1 aliphatic rings. The summed E-state index contributed by atoms with van der Waals surface area (Å²) in [5.41, 5.74) is 2.54.